The molecule has 1 fully saturated rings. The van der Waals surface area contributed by atoms with Crippen molar-refractivity contribution in [3.8, 4) is 0 Å². The molecule has 12 heavy (non-hydrogen) atoms. The molecule has 3 nitrogen and oxygen atoms in total. The third kappa shape index (κ3) is 2.64. The van der Waals surface area contributed by atoms with E-state index in [-0.39, 0.29) is 5.91 Å². The lowest BCUT2D eigenvalue weighted by atomic mass is 9.89. The number of alkyl halides is 1. The van der Waals surface area contributed by atoms with E-state index in [9.17, 15) is 4.79 Å². The molecule has 0 bridgehead atoms. The first-order valence-corrected chi connectivity index (χ1v) is 4.68. The molecule has 0 radical (unpaired) electrons. The predicted octanol–water partition coefficient (Wildman–Crippen LogP) is 0.909. The predicted molar refractivity (Wildman–Crippen MR) is 47.3 cm³/mol. The molecule has 1 rings (SSSR count). The summed E-state index contributed by atoms with van der Waals surface area (Å²) in [6.45, 7) is 0. The van der Waals surface area contributed by atoms with E-state index < -0.39 is 0 Å². The van der Waals surface area contributed by atoms with Gasteiger partial charge in [-0.15, -0.1) is 11.6 Å². The lowest BCUT2D eigenvalue weighted by Crippen LogP contribution is -2.47. The molecule has 1 aliphatic rings. The number of methoxy groups -OCH3 is 1. The molecule has 4 heteroatoms. The third-order valence-electron chi connectivity index (χ3n) is 2.11. The zero-order valence-electron chi connectivity index (χ0n) is 7.18. The van der Waals surface area contributed by atoms with Crippen LogP contribution in [0.2, 0.25) is 0 Å². The van der Waals surface area contributed by atoms with Gasteiger partial charge in [0.2, 0.25) is 5.91 Å². The second-order valence-electron chi connectivity index (χ2n) is 3.03. The summed E-state index contributed by atoms with van der Waals surface area (Å²) in [5.41, 5.74) is 0. The van der Waals surface area contributed by atoms with E-state index in [2.05, 4.69) is 5.32 Å². The molecule has 0 atom stereocenters. The van der Waals surface area contributed by atoms with Gasteiger partial charge in [0.05, 0.1) is 6.10 Å². The Hall–Kier alpha value is -0.280. The second-order valence-corrected chi connectivity index (χ2v) is 3.41. The summed E-state index contributed by atoms with van der Waals surface area (Å²) in [4.78, 5) is 11.0. The summed E-state index contributed by atoms with van der Waals surface area (Å²) in [5, 5.41) is 2.88. The van der Waals surface area contributed by atoms with Crippen LogP contribution in [0, 0.1) is 0 Å². The molecule has 0 saturated heterocycles. The molecule has 0 heterocycles. The fourth-order valence-corrected chi connectivity index (χ4v) is 1.43. The van der Waals surface area contributed by atoms with Gasteiger partial charge >= 0.3 is 0 Å². The van der Waals surface area contributed by atoms with Gasteiger partial charge in [-0.3, -0.25) is 4.79 Å². The molecular weight excluding hydrogens is 178 g/mol. The minimum Gasteiger partial charge on any atom is -0.381 e. The van der Waals surface area contributed by atoms with Gasteiger partial charge in [0.25, 0.3) is 0 Å². The molecule has 1 aliphatic carbocycles. The number of carbonyl (C=O) groups excluding carboxylic acids is 1. The molecule has 1 saturated carbocycles. The molecular formula is C8H14ClNO2. The van der Waals surface area contributed by atoms with E-state index in [4.69, 9.17) is 16.3 Å². The number of hydrogen-bond donors (Lipinski definition) is 1. The van der Waals surface area contributed by atoms with Crippen LogP contribution in [0.25, 0.3) is 0 Å². The molecule has 1 amide bonds. The first kappa shape index (κ1) is 9.81. The molecule has 1 N–H and O–H groups in total. The Morgan fingerprint density at radius 2 is 2.33 bits per heavy atom. The van der Waals surface area contributed by atoms with Crippen molar-refractivity contribution in [3.05, 3.63) is 0 Å². The summed E-state index contributed by atoms with van der Waals surface area (Å²) in [6.07, 6.45) is 2.62. The van der Waals surface area contributed by atoms with Crippen LogP contribution in [0.3, 0.4) is 0 Å². The maximum atomic E-state index is 11.0. The maximum Gasteiger partial charge on any atom is 0.221 e. The van der Waals surface area contributed by atoms with Crippen molar-refractivity contribution in [1.29, 1.82) is 0 Å². The molecule has 70 valence electrons. The first-order valence-electron chi connectivity index (χ1n) is 4.14. The van der Waals surface area contributed by atoms with Crippen LogP contribution in [-0.2, 0) is 9.53 Å². The zero-order chi connectivity index (χ0) is 8.97. The van der Waals surface area contributed by atoms with Gasteiger partial charge in [0, 0.05) is 25.5 Å². The Kier molecular flexibility index (Phi) is 3.82. The molecule has 0 aromatic heterocycles. The number of amides is 1. The number of ether oxygens (including phenoxy) is 1. The SMILES string of the molecule is COC1CC(NC(=O)CCCl)C1. The summed E-state index contributed by atoms with van der Waals surface area (Å²) in [5.74, 6) is 0.441. The quantitative estimate of drug-likeness (QED) is 0.671. The average molecular weight is 192 g/mol. The lowest BCUT2D eigenvalue weighted by Gasteiger charge is -2.34. The average Bonchev–Trinajstić information content (AvgIpc) is 1.96. The van der Waals surface area contributed by atoms with Crippen molar-refractivity contribution in [2.45, 2.75) is 31.4 Å². The van der Waals surface area contributed by atoms with Gasteiger partial charge in [0.15, 0.2) is 0 Å². The fraction of sp³-hybridized carbons (Fsp3) is 0.875. The normalized spacial score (nSPS) is 27.8. The summed E-state index contributed by atoms with van der Waals surface area (Å²) < 4.78 is 5.08. The number of hydrogen-bond acceptors (Lipinski definition) is 2. The number of rotatable bonds is 4. The van der Waals surface area contributed by atoms with E-state index in [1.807, 2.05) is 0 Å². The Bertz CT molecular complexity index is 157. The first-order chi connectivity index (χ1) is 5.76. The minimum absolute atomic E-state index is 0.0459. The number of carbonyl (C=O) groups is 1. The van der Waals surface area contributed by atoms with E-state index in [0.29, 0.717) is 24.4 Å². The summed E-state index contributed by atoms with van der Waals surface area (Å²) in [7, 11) is 1.70. The Morgan fingerprint density at radius 3 is 2.83 bits per heavy atom. The Labute approximate surface area is 77.4 Å². The van der Waals surface area contributed by atoms with E-state index in [0.717, 1.165) is 12.8 Å². The van der Waals surface area contributed by atoms with Crippen molar-refractivity contribution < 1.29 is 9.53 Å². The third-order valence-corrected chi connectivity index (χ3v) is 2.30. The summed E-state index contributed by atoms with van der Waals surface area (Å²) >= 11 is 5.41. The topological polar surface area (TPSA) is 38.3 Å². The van der Waals surface area contributed by atoms with Crippen LogP contribution in [0.4, 0.5) is 0 Å². The highest BCUT2D eigenvalue weighted by atomic mass is 35.5. The van der Waals surface area contributed by atoms with Crippen LogP contribution < -0.4 is 5.32 Å². The fourth-order valence-electron chi connectivity index (χ4n) is 1.26. The van der Waals surface area contributed by atoms with Crippen LogP contribution in [0.5, 0.6) is 0 Å². The largest absolute Gasteiger partial charge is 0.381 e. The van der Waals surface area contributed by atoms with Gasteiger partial charge in [-0.05, 0) is 12.8 Å². The zero-order valence-corrected chi connectivity index (χ0v) is 7.93. The highest BCUT2D eigenvalue weighted by Crippen LogP contribution is 2.22. The summed E-state index contributed by atoms with van der Waals surface area (Å²) in [6, 6.07) is 0.311. The van der Waals surface area contributed by atoms with Crippen LogP contribution >= 0.6 is 11.6 Å². The van der Waals surface area contributed by atoms with Gasteiger partial charge in [-0.25, -0.2) is 0 Å². The lowest BCUT2D eigenvalue weighted by molar-refractivity contribution is -0.123. The van der Waals surface area contributed by atoms with Crippen LogP contribution in [-0.4, -0.2) is 31.0 Å². The Morgan fingerprint density at radius 1 is 1.67 bits per heavy atom. The second kappa shape index (κ2) is 4.67. The number of halogens is 1. The van der Waals surface area contributed by atoms with Gasteiger partial charge in [-0.1, -0.05) is 0 Å². The highest BCUT2D eigenvalue weighted by Gasteiger charge is 2.29. The molecule has 0 aromatic rings. The van der Waals surface area contributed by atoms with Crippen LogP contribution in [0.15, 0.2) is 0 Å². The van der Waals surface area contributed by atoms with Crippen molar-refractivity contribution >= 4 is 17.5 Å². The highest BCUT2D eigenvalue weighted by molar-refractivity contribution is 6.18. The molecule has 0 spiro atoms. The van der Waals surface area contributed by atoms with E-state index in [1.165, 1.54) is 0 Å². The Balaban J connectivity index is 2.06. The van der Waals surface area contributed by atoms with Crippen molar-refractivity contribution in [3.63, 3.8) is 0 Å². The number of nitrogens with one attached hydrogen (secondary N) is 1. The molecule has 0 aliphatic heterocycles. The molecule has 0 unspecified atom stereocenters. The standard InChI is InChI=1S/C8H14ClNO2/c1-12-7-4-6(5-7)10-8(11)2-3-9/h6-7H,2-5H2,1H3,(H,10,11). The smallest absolute Gasteiger partial charge is 0.221 e. The monoisotopic (exact) mass is 191 g/mol. The van der Waals surface area contributed by atoms with Gasteiger partial charge in [-0.2, -0.15) is 0 Å². The maximum absolute atomic E-state index is 11.0. The van der Waals surface area contributed by atoms with Gasteiger partial charge < -0.3 is 10.1 Å². The minimum atomic E-state index is 0.0459. The molecule has 0 aromatic carbocycles. The van der Waals surface area contributed by atoms with E-state index >= 15 is 0 Å². The van der Waals surface area contributed by atoms with Crippen LogP contribution in [0.1, 0.15) is 19.3 Å². The van der Waals surface area contributed by atoms with Crippen molar-refractivity contribution in [2.24, 2.45) is 0 Å². The van der Waals surface area contributed by atoms with Crippen molar-refractivity contribution in [2.75, 3.05) is 13.0 Å². The van der Waals surface area contributed by atoms with Crippen molar-refractivity contribution in [1.82, 2.24) is 5.32 Å². The van der Waals surface area contributed by atoms with Gasteiger partial charge in [0.1, 0.15) is 0 Å². The van der Waals surface area contributed by atoms with E-state index in [1.54, 1.807) is 7.11 Å².